The van der Waals surface area contributed by atoms with Crippen LogP contribution in [0.1, 0.15) is 157 Å². The molecule has 1 aliphatic carbocycles. The molecule has 0 radical (unpaired) electrons. The maximum absolute atomic E-state index is 15.1. The first-order valence-corrected chi connectivity index (χ1v) is 31.8. The van der Waals surface area contributed by atoms with Gasteiger partial charge in [0.1, 0.15) is 11.5 Å². The number of carbonyl (C=O) groups excluding carboxylic acids is 4. The summed E-state index contributed by atoms with van der Waals surface area (Å²) in [6.07, 6.45) is 10.6. The number of aryl methyl sites for hydroxylation is 1. The molecule has 450 valence electrons. The molecule has 0 bridgehead atoms. The number of carbonyl (C=O) groups is 5. The first-order valence-electron chi connectivity index (χ1n) is 29.4. The van der Waals surface area contributed by atoms with Crippen LogP contribution >= 0.6 is 23.2 Å². The molecular formula is C62H78Cl2N10O9S. The number of anilines is 3. The minimum absolute atomic E-state index is 0.0275. The van der Waals surface area contributed by atoms with Gasteiger partial charge in [-0.1, -0.05) is 101 Å². The van der Waals surface area contributed by atoms with Gasteiger partial charge >= 0.3 is 5.97 Å². The van der Waals surface area contributed by atoms with Crippen LogP contribution in [-0.2, 0) is 29.2 Å². The molecule has 0 unspecified atom stereocenters. The Morgan fingerprint density at radius 3 is 2.00 bits per heavy atom. The Hall–Kier alpha value is -6.48. The zero-order valence-corrected chi connectivity index (χ0v) is 51.3. The molecule has 22 heteroatoms. The summed E-state index contributed by atoms with van der Waals surface area (Å²) in [5.41, 5.74) is 1.26. The number of amides is 3. The van der Waals surface area contributed by atoms with E-state index in [9.17, 15) is 37.5 Å². The number of fused-ring (bicyclic) bond motifs is 1. The fourth-order valence-electron chi connectivity index (χ4n) is 13.0. The van der Waals surface area contributed by atoms with E-state index in [2.05, 4.69) is 20.2 Å². The zero-order chi connectivity index (χ0) is 60.3. The van der Waals surface area contributed by atoms with Gasteiger partial charge in [-0.15, -0.1) is 0 Å². The van der Waals surface area contributed by atoms with E-state index in [-0.39, 0.29) is 67.4 Å². The van der Waals surface area contributed by atoms with Crippen LogP contribution in [0.15, 0.2) is 77.9 Å². The number of aliphatic carboxylic acids is 1. The predicted molar refractivity (Wildman–Crippen MR) is 325 cm³/mol. The van der Waals surface area contributed by atoms with Gasteiger partial charge in [-0.2, -0.15) is 9.29 Å². The number of halogens is 2. The fraction of sp³-hybridized carbons (Fsp3) is 0.532. The lowest BCUT2D eigenvalue weighted by Crippen LogP contribution is -2.61. The quantitative estimate of drug-likeness (QED) is 0.0546. The number of carboxylic acids is 1. The molecule has 0 spiro atoms. The molecule has 4 aliphatic rings. The number of likely N-dealkylation sites (tertiary alicyclic amines) is 1. The van der Waals surface area contributed by atoms with Crippen molar-refractivity contribution in [2.45, 2.75) is 143 Å². The number of nitrogens with one attached hydrogen (secondary N) is 1. The Labute approximate surface area is 502 Å². The zero-order valence-electron chi connectivity index (χ0n) is 49.0. The summed E-state index contributed by atoms with van der Waals surface area (Å²) in [5.74, 6) is -1.81. The third-order valence-corrected chi connectivity index (χ3v) is 20.0. The second-order valence-electron chi connectivity index (χ2n) is 24.6. The van der Waals surface area contributed by atoms with Gasteiger partial charge in [0.25, 0.3) is 5.56 Å². The number of nitrogens with zero attached hydrogens (tertiary/aromatic N) is 9. The number of ketones is 1. The SMILES string of the molecule is CC(=O)c1c(C)c2cnc(Nc3ccc(N4CCN(C(=O)CCCCCCC(=O)N5CCN(S(=O)(=O)C[C@@H](N6C(=O)[C@@](C)(CC(=O)O)C[C@H](c7cccc(Cl)c7)[C@H]6c6ccc(Cl)cc6)C(C)(C)C)CC5)CC4)cn3)nc2n(C2CCCC2)c1=O. The minimum atomic E-state index is -4.04. The third kappa shape index (κ3) is 13.9. The Morgan fingerprint density at radius 1 is 0.798 bits per heavy atom. The highest BCUT2D eigenvalue weighted by molar-refractivity contribution is 7.89. The average molecular weight is 1210 g/mol. The molecule has 4 atom stereocenters. The van der Waals surface area contributed by atoms with Crippen LogP contribution in [0.3, 0.4) is 0 Å². The predicted octanol–water partition coefficient (Wildman–Crippen LogP) is 9.98. The molecule has 19 nitrogen and oxygen atoms in total. The topological polar surface area (TPSA) is 229 Å². The number of piperidine rings is 1. The highest BCUT2D eigenvalue weighted by Crippen LogP contribution is 2.53. The first kappa shape index (κ1) is 62.1. The Kier molecular flexibility index (Phi) is 19.2. The Bertz CT molecular complexity index is 3430. The number of aromatic nitrogens is 4. The third-order valence-electron chi connectivity index (χ3n) is 17.6. The van der Waals surface area contributed by atoms with Gasteiger partial charge in [-0.3, -0.25) is 33.3 Å². The molecule has 3 saturated heterocycles. The number of benzene rings is 2. The summed E-state index contributed by atoms with van der Waals surface area (Å²) in [5, 5.41) is 15.0. The number of pyridine rings is 2. The van der Waals surface area contributed by atoms with E-state index in [1.165, 1.54) is 11.2 Å². The first-order chi connectivity index (χ1) is 39.9. The molecule has 4 fully saturated rings. The van der Waals surface area contributed by atoms with Crippen molar-refractivity contribution in [1.82, 2.24) is 38.5 Å². The number of rotatable bonds is 20. The van der Waals surface area contributed by atoms with Crippen LogP contribution in [0.2, 0.25) is 10.0 Å². The molecule has 5 aromatic rings. The van der Waals surface area contributed by atoms with E-state index >= 15 is 4.79 Å². The van der Waals surface area contributed by atoms with Crippen molar-refractivity contribution < 1.29 is 37.5 Å². The van der Waals surface area contributed by atoms with Gasteiger partial charge in [0, 0.05) is 98.8 Å². The van der Waals surface area contributed by atoms with Crippen LogP contribution in [0.4, 0.5) is 17.5 Å². The smallest absolute Gasteiger partial charge is 0.304 e. The lowest BCUT2D eigenvalue weighted by atomic mass is 9.66. The van der Waals surface area contributed by atoms with E-state index in [0.29, 0.717) is 90.3 Å². The lowest BCUT2D eigenvalue weighted by molar-refractivity contribution is -0.162. The van der Waals surface area contributed by atoms with Gasteiger partial charge < -0.3 is 30.0 Å². The molecule has 84 heavy (non-hydrogen) atoms. The Balaban J connectivity index is 0.727. The van der Waals surface area contributed by atoms with Crippen molar-refractivity contribution in [3.63, 3.8) is 0 Å². The summed E-state index contributed by atoms with van der Waals surface area (Å²) >= 11 is 12.9. The molecule has 1 saturated carbocycles. The number of hydrogen-bond acceptors (Lipinski definition) is 13. The van der Waals surface area contributed by atoms with Crippen molar-refractivity contribution in [2.24, 2.45) is 10.8 Å². The highest BCUT2D eigenvalue weighted by Gasteiger charge is 2.55. The summed E-state index contributed by atoms with van der Waals surface area (Å²) in [6.45, 7) is 13.6. The highest BCUT2D eigenvalue weighted by atomic mass is 35.5. The average Bonchev–Trinajstić information content (AvgIpc) is 1.25. The number of piperazine rings is 2. The van der Waals surface area contributed by atoms with Crippen LogP contribution in [0, 0.1) is 17.8 Å². The van der Waals surface area contributed by atoms with Gasteiger partial charge in [-0.05, 0) is 104 Å². The largest absolute Gasteiger partial charge is 0.481 e. The summed E-state index contributed by atoms with van der Waals surface area (Å²) in [4.78, 5) is 102. The van der Waals surface area contributed by atoms with Gasteiger partial charge in [0.2, 0.25) is 33.7 Å². The van der Waals surface area contributed by atoms with Crippen LogP contribution < -0.4 is 15.8 Å². The molecule has 6 heterocycles. The van der Waals surface area contributed by atoms with Crippen LogP contribution in [-0.4, -0.2) is 146 Å². The number of unbranched alkanes of at least 4 members (excludes halogenated alkanes) is 3. The van der Waals surface area contributed by atoms with Gasteiger partial charge in [0.15, 0.2) is 5.78 Å². The maximum atomic E-state index is 15.1. The van der Waals surface area contributed by atoms with E-state index in [0.717, 1.165) is 55.3 Å². The number of sulfonamides is 1. The second-order valence-corrected chi connectivity index (χ2v) is 27.4. The molecule has 2 aromatic carbocycles. The fourth-order valence-corrected chi connectivity index (χ4v) is 15.3. The monoisotopic (exact) mass is 1210 g/mol. The standard InChI is InChI=1S/C62H78Cl2N10O9S/c1-40-49-38-66-60(68-57(49)73(46-16-11-12-17-46)58(80)55(40)41(2)75)67-51-25-24-47(37-65-51)69-26-28-70(29-27-69)52(76)18-9-7-8-10-19-53(77)71-30-32-72(33-31-71)84(82,83)39-50(61(3,4)5)74-56(42-20-22-44(63)23-21-42)48(43-14-13-15-45(64)34-43)35-62(6,59(74)81)36-54(78)79/h13-15,20-25,34,37-38,46,48,50,56H,7-12,16-19,26-33,35-36,39H2,1-6H3,(H,78,79)(H,65,66,67,68)/t48-,50-,56-,62-/m1/s1. The van der Waals surface area contributed by atoms with E-state index in [1.54, 1.807) is 58.8 Å². The molecule has 3 aromatic heterocycles. The van der Waals surface area contributed by atoms with Gasteiger partial charge in [0.05, 0.1) is 47.1 Å². The maximum Gasteiger partial charge on any atom is 0.304 e. The van der Waals surface area contributed by atoms with Gasteiger partial charge in [-0.25, -0.2) is 18.4 Å². The minimum Gasteiger partial charge on any atom is -0.481 e. The van der Waals surface area contributed by atoms with Crippen LogP contribution in [0.25, 0.3) is 11.0 Å². The summed E-state index contributed by atoms with van der Waals surface area (Å²) in [6, 6.07) is 16.6. The van der Waals surface area contributed by atoms with Crippen molar-refractivity contribution in [3.8, 4) is 0 Å². The van der Waals surface area contributed by atoms with Crippen molar-refractivity contribution in [2.75, 3.05) is 68.3 Å². The normalized spacial score (nSPS) is 20.6. The molecule has 9 rings (SSSR count). The molecular weight excluding hydrogens is 1130 g/mol. The summed E-state index contributed by atoms with van der Waals surface area (Å²) in [7, 11) is -4.04. The number of carboxylic acid groups (broad SMARTS) is 1. The van der Waals surface area contributed by atoms with E-state index in [1.807, 2.05) is 68.1 Å². The number of Topliss-reactive ketones (excluding diaryl/α,β-unsaturated/α-hetero) is 1. The molecule has 3 aliphatic heterocycles. The second kappa shape index (κ2) is 26.0. The number of hydrogen-bond donors (Lipinski definition) is 2. The molecule has 2 N–H and O–H groups in total. The summed E-state index contributed by atoms with van der Waals surface area (Å²) < 4.78 is 32.4. The Morgan fingerprint density at radius 2 is 1.43 bits per heavy atom. The van der Waals surface area contributed by atoms with Crippen molar-refractivity contribution >= 4 is 91.2 Å². The van der Waals surface area contributed by atoms with E-state index < -0.39 is 62.9 Å². The van der Waals surface area contributed by atoms with Crippen LogP contribution in [0.5, 0.6) is 0 Å². The van der Waals surface area contributed by atoms with Crippen molar-refractivity contribution in [1.29, 1.82) is 0 Å². The van der Waals surface area contributed by atoms with Crippen molar-refractivity contribution in [3.05, 3.63) is 116 Å². The lowest BCUT2D eigenvalue weighted by Gasteiger charge is -2.54. The van der Waals surface area contributed by atoms with E-state index in [4.69, 9.17) is 28.2 Å². The molecule has 3 amide bonds.